The van der Waals surface area contributed by atoms with Crippen molar-refractivity contribution in [3.63, 3.8) is 0 Å². The third-order valence-corrected chi connectivity index (χ3v) is 9.59. The van der Waals surface area contributed by atoms with E-state index >= 15 is 0 Å². The summed E-state index contributed by atoms with van der Waals surface area (Å²) in [7, 11) is 0. The molecular weight excluding hydrogens is 412 g/mol. The van der Waals surface area contributed by atoms with Crippen LogP contribution >= 0.6 is 0 Å². The normalized spacial score (nSPS) is 39.8. The molecule has 0 aromatic heterocycles. The molecule has 5 heterocycles. The SMILES string of the molecule is C1=C\CCC2CN3CCCC/C=C\CCCCC4CC(CN(CCCCCCCC/1)C4)C2CC3. The summed E-state index contributed by atoms with van der Waals surface area (Å²) in [6.45, 7) is 8.28. The number of hydrogen-bond acceptors (Lipinski definition) is 2. The Labute approximate surface area is 212 Å². The van der Waals surface area contributed by atoms with Crippen LogP contribution in [0.25, 0.3) is 0 Å². The van der Waals surface area contributed by atoms with Crippen LogP contribution in [0.3, 0.4) is 0 Å². The number of hydrogen-bond donors (Lipinski definition) is 0. The topological polar surface area (TPSA) is 6.48 Å². The molecule has 2 fully saturated rings. The second-order valence-electron chi connectivity index (χ2n) is 12.3. The third kappa shape index (κ3) is 9.12. The smallest absolute Gasteiger partial charge is 0.00127 e. The lowest BCUT2D eigenvalue weighted by molar-refractivity contribution is 0.0196. The maximum Gasteiger partial charge on any atom is 0.00127 e. The van der Waals surface area contributed by atoms with E-state index in [-0.39, 0.29) is 0 Å². The zero-order chi connectivity index (χ0) is 23.3. The monoisotopic (exact) mass is 468 g/mol. The Morgan fingerprint density at radius 2 is 1.06 bits per heavy atom. The summed E-state index contributed by atoms with van der Waals surface area (Å²) in [6, 6.07) is 0. The molecule has 5 aliphatic rings. The Morgan fingerprint density at radius 3 is 1.91 bits per heavy atom. The molecule has 194 valence electrons. The van der Waals surface area contributed by atoms with E-state index in [1.165, 1.54) is 155 Å². The lowest BCUT2D eigenvalue weighted by Gasteiger charge is -2.47. The van der Waals surface area contributed by atoms with E-state index in [9.17, 15) is 0 Å². The summed E-state index contributed by atoms with van der Waals surface area (Å²) in [5.41, 5.74) is 0. The van der Waals surface area contributed by atoms with Crippen molar-refractivity contribution in [2.45, 2.75) is 116 Å². The van der Waals surface area contributed by atoms with Crippen molar-refractivity contribution in [1.82, 2.24) is 9.80 Å². The van der Waals surface area contributed by atoms with Gasteiger partial charge < -0.3 is 9.80 Å². The Morgan fingerprint density at radius 1 is 0.441 bits per heavy atom. The molecule has 6 atom stereocenters. The van der Waals surface area contributed by atoms with Gasteiger partial charge in [-0.15, -0.1) is 0 Å². The minimum absolute atomic E-state index is 0.926. The lowest BCUT2D eigenvalue weighted by Crippen LogP contribution is -2.49. The second kappa shape index (κ2) is 15.5. The summed E-state index contributed by atoms with van der Waals surface area (Å²) < 4.78 is 0. The van der Waals surface area contributed by atoms with E-state index in [2.05, 4.69) is 34.1 Å². The fraction of sp³-hybridized carbons (Fsp3) is 0.875. The predicted octanol–water partition coefficient (Wildman–Crippen LogP) is 8.24. The first kappa shape index (κ1) is 26.5. The van der Waals surface area contributed by atoms with Crippen LogP contribution in [0.15, 0.2) is 24.3 Å². The first-order valence-electron chi connectivity index (χ1n) is 15.6. The standard InChI is InChI=1S/C32H56N2/c1-2-5-10-14-18-23-34-26-29-19-15-11-7-4-6-9-13-17-22-33-24-21-32(31(25-29)28-34)30(27-33)20-16-12-8-3-1/h4,6,8,12,29-32H,1-3,5,7,9-11,13-28H2/b6-4-,12-8-. The van der Waals surface area contributed by atoms with E-state index in [0.29, 0.717) is 0 Å². The highest BCUT2D eigenvalue weighted by Gasteiger charge is 2.38. The molecular formula is C32H56N2. The van der Waals surface area contributed by atoms with Gasteiger partial charge in [0.25, 0.3) is 0 Å². The summed E-state index contributed by atoms with van der Waals surface area (Å²) >= 11 is 0. The van der Waals surface area contributed by atoms with Crippen molar-refractivity contribution in [2.75, 3.05) is 39.3 Å². The highest BCUT2D eigenvalue weighted by Crippen LogP contribution is 2.40. The van der Waals surface area contributed by atoms with Crippen LogP contribution in [0.5, 0.6) is 0 Å². The van der Waals surface area contributed by atoms with E-state index in [0.717, 1.165) is 23.7 Å². The van der Waals surface area contributed by atoms with Gasteiger partial charge in [-0.05, 0) is 127 Å². The van der Waals surface area contributed by atoms with Crippen LogP contribution in [0.4, 0.5) is 0 Å². The van der Waals surface area contributed by atoms with Gasteiger partial charge in [0.2, 0.25) is 0 Å². The molecule has 0 saturated carbocycles. The average molecular weight is 469 g/mol. The van der Waals surface area contributed by atoms with Crippen molar-refractivity contribution in [1.29, 1.82) is 0 Å². The van der Waals surface area contributed by atoms with E-state index in [1.807, 2.05) is 0 Å². The fourth-order valence-corrected chi connectivity index (χ4v) is 7.68. The molecule has 2 heteroatoms. The Hall–Kier alpha value is -0.600. The zero-order valence-electron chi connectivity index (χ0n) is 22.5. The van der Waals surface area contributed by atoms with Gasteiger partial charge in [-0.2, -0.15) is 0 Å². The van der Waals surface area contributed by atoms with Crippen molar-refractivity contribution in [2.24, 2.45) is 23.7 Å². The average Bonchev–Trinajstić information content (AvgIpc) is 2.85. The highest BCUT2D eigenvalue weighted by atomic mass is 15.1. The predicted molar refractivity (Wildman–Crippen MR) is 148 cm³/mol. The molecule has 6 unspecified atom stereocenters. The number of piperidine rings is 2. The number of rotatable bonds is 0. The molecule has 5 rings (SSSR count). The summed E-state index contributed by atoms with van der Waals surface area (Å²) in [5, 5.41) is 0. The molecule has 0 N–H and O–H groups in total. The minimum Gasteiger partial charge on any atom is -0.303 e. The third-order valence-electron chi connectivity index (χ3n) is 9.59. The van der Waals surface area contributed by atoms with Gasteiger partial charge in [0.15, 0.2) is 0 Å². The quantitative estimate of drug-likeness (QED) is 0.330. The van der Waals surface area contributed by atoms with Crippen LogP contribution in [-0.2, 0) is 0 Å². The molecule has 5 aliphatic heterocycles. The van der Waals surface area contributed by atoms with Crippen molar-refractivity contribution >= 4 is 0 Å². The first-order valence-corrected chi connectivity index (χ1v) is 15.6. The van der Waals surface area contributed by atoms with Crippen LogP contribution in [0.1, 0.15) is 116 Å². The van der Waals surface area contributed by atoms with Gasteiger partial charge in [0, 0.05) is 19.6 Å². The maximum absolute atomic E-state index is 2.94. The van der Waals surface area contributed by atoms with Crippen LogP contribution in [-0.4, -0.2) is 49.1 Å². The molecule has 2 saturated heterocycles. The summed E-state index contributed by atoms with van der Waals surface area (Å²) in [6.07, 6.45) is 35.4. The lowest BCUT2D eigenvalue weighted by atomic mass is 9.69. The zero-order valence-corrected chi connectivity index (χ0v) is 22.5. The number of fused-ring (bicyclic) bond motifs is 10. The van der Waals surface area contributed by atoms with E-state index in [4.69, 9.17) is 0 Å². The fourth-order valence-electron chi connectivity index (χ4n) is 7.68. The van der Waals surface area contributed by atoms with E-state index in [1.54, 1.807) is 0 Å². The summed E-state index contributed by atoms with van der Waals surface area (Å²) in [5.74, 6) is 3.82. The van der Waals surface area contributed by atoms with Gasteiger partial charge in [-0.3, -0.25) is 0 Å². The first-order chi connectivity index (χ1) is 16.9. The largest absolute Gasteiger partial charge is 0.303 e. The number of nitrogens with zero attached hydrogens (tertiary/aromatic N) is 2. The number of allylic oxidation sites excluding steroid dienone is 4. The maximum atomic E-state index is 2.94. The van der Waals surface area contributed by atoms with E-state index < -0.39 is 0 Å². The van der Waals surface area contributed by atoms with Crippen molar-refractivity contribution in [3.05, 3.63) is 24.3 Å². The molecule has 6 bridgehead atoms. The van der Waals surface area contributed by atoms with Gasteiger partial charge in [-0.1, -0.05) is 56.4 Å². The molecule has 34 heavy (non-hydrogen) atoms. The molecule has 0 amide bonds. The van der Waals surface area contributed by atoms with Crippen LogP contribution in [0, 0.1) is 23.7 Å². The second-order valence-corrected chi connectivity index (χ2v) is 12.3. The Balaban J connectivity index is 1.47. The van der Waals surface area contributed by atoms with Crippen molar-refractivity contribution < 1.29 is 0 Å². The molecule has 0 spiro atoms. The Kier molecular flexibility index (Phi) is 12.1. The highest BCUT2D eigenvalue weighted by molar-refractivity contribution is 4.92. The van der Waals surface area contributed by atoms with Gasteiger partial charge >= 0.3 is 0 Å². The molecule has 2 nitrogen and oxygen atoms in total. The molecule has 0 aromatic rings. The van der Waals surface area contributed by atoms with Gasteiger partial charge in [0.05, 0.1) is 0 Å². The van der Waals surface area contributed by atoms with Gasteiger partial charge in [0.1, 0.15) is 0 Å². The molecule has 0 aliphatic carbocycles. The minimum atomic E-state index is 0.926. The Bertz CT molecular complexity index is 596. The van der Waals surface area contributed by atoms with Gasteiger partial charge in [-0.25, -0.2) is 0 Å². The molecule has 0 radical (unpaired) electrons. The molecule has 0 aromatic carbocycles. The van der Waals surface area contributed by atoms with Crippen LogP contribution in [0.2, 0.25) is 0 Å². The van der Waals surface area contributed by atoms with Crippen LogP contribution < -0.4 is 0 Å². The summed E-state index contributed by atoms with van der Waals surface area (Å²) in [4.78, 5) is 5.79. The van der Waals surface area contributed by atoms with Crippen molar-refractivity contribution in [3.8, 4) is 0 Å².